The van der Waals surface area contributed by atoms with E-state index in [2.05, 4.69) is 25.7 Å². The van der Waals surface area contributed by atoms with E-state index in [1.807, 2.05) is 0 Å². The second kappa shape index (κ2) is 8.02. The number of rotatable bonds is 8. The zero-order chi connectivity index (χ0) is 11.8. The van der Waals surface area contributed by atoms with E-state index < -0.39 is 0 Å². The molecule has 0 heterocycles. The molecule has 0 amide bonds. The Bertz CT molecular complexity index is 187. The van der Waals surface area contributed by atoms with E-state index in [1.165, 1.54) is 0 Å². The molecule has 0 aliphatic heterocycles. The maximum Gasteiger partial charge on any atom is 0.0768 e. The van der Waals surface area contributed by atoms with E-state index in [9.17, 15) is 0 Å². The molecule has 2 atom stereocenters. The van der Waals surface area contributed by atoms with Crippen LogP contribution in [-0.2, 0) is 4.74 Å². The molecular formula is C11H24N2OS. The molecule has 0 aliphatic rings. The van der Waals surface area contributed by atoms with Gasteiger partial charge in [0.25, 0.3) is 0 Å². The van der Waals surface area contributed by atoms with Gasteiger partial charge in [-0.05, 0) is 19.9 Å². The van der Waals surface area contributed by atoms with Crippen LogP contribution in [0.5, 0.6) is 0 Å². The number of hydrogen-bond acceptors (Lipinski definition) is 3. The zero-order valence-corrected chi connectivity index (χ0v) is 11.1. The van der Waals surface area contributed by atoms with Crippen LogP contribution in [0.1, 0.15) is 27.2 Å². The van der Waals surface area contributed by atoms with Gasteiger partial charge in [0.1, 0.15) is 0 Å². The van der Waals surface area contributed by atoms with Crippen molar-refractivity contribution >= 4 is 17.2 Å². The lowest BCUT2D eigenvalue weighted by Gasteiger charge is -2.29. The van der Waals surface area contributed by atoms with Crippen LogP contribution in [0, 0.1) is 5.92 Å². The summed E-state index contributed by atoms with van der Waals surface area (Å²) >= 11 is 4.98. The van der Waals surface area contributed by atoms with E-state index in [0.29, 0.717) is 11.0 Å². The van der Waals surface area contributed by atoms with E-state index >= 15 is 0 Å². The van der Waals surface area contributed by atoms with E-state index in [4.69, 9.17) is 22.7 Å². The van der Waals surface area contributed by atoms with Crippen LogP contribution in [0.25, 0.3) is 0 Å². The van der Waals surface area contributed by atoms with Gasteiger partial charge in [-0.2, -0.15) is 0 Å². The molecule has 0 fully saturated rings. The summed E-state index contributed by atoms with van der Waals surface area (Å²) in [6, 6.07) is 0.520. The van der Waals surface area contributed by atoms with Gasteiger partial charge in [0, 0.05) is 32.2 Å². The fourth-order valence-electron chi connectivity index (χ4n) is 1.53. The minimum Gasteiger partial charge on any atom is -0.393 e. The lowest BCUT2D eigenvalue weighted by Crippen LogP contribution is -2.39. The summed E-state index contributed by atoms with van der Waals surface area (Å²) in [6.07, 6.45) is 1.05. The Balaban J connectivity index is 4.05. The van der Waals surface area contributed by atoms with Crippen molar-refractivity contribution in [1.29, 1.82) is 0 Å². The first-order valence-electron chi connectivity index (χ1n) is 5.55. The van der Waals surface area contributed by atoms with Gasteiger partial charge in [0.05, 0.1) is 4.99 Å². The third-order valence-electron chi connectivity index (χ3n) is 2.76. The molecular weight excluding hydrogens is 208 g/mol. The molecule has 0 aromatic heterocycles. The largest absolute Gasteiger partial charge is 0.393 e. The Hall–Kier alpha value is -0.190. The van der Waals surface area contributed by atoms with Gasteiger partial charge in [-0.25, -0.2) is 0 Å². The molecule has 0 aromatic rings. The first-order chi connectivity index (χ1) is 7.02. The number of nitrogens with two attached hydrogens (primary N) is 1. The molecule has 4 heteroatoms. The van der Waals surface area contributed by atoms with Gasteiger partial charge in [0.15, 0.2) is 0 Å². The highest BCUT2D eigenvalue weighted by Crippen LogP contribution is 2.08. The number of thiocarbonyl (C=S) groups is 1. The maximum absolute atomic E-state index is 5.62. The first kappa shape index (κ1) is 14.8. The van der Waals surface area contributed by atoms with Gasteiger partial charge in [0.2, 0.25) is 0 Å². The molecule has 2 N–H and O–H groups in total. The van der Waals surface area contributed by atoms with Crippen LogP contribution in [0.3, 0.4) is 0 Å². The second-order valence-electron chi connectivity index (χ2n) is 4.02. The van der Waals surface area contributed by atoms with Crippen molar-refractivity contribution in [1.82, 2.24) is 4.90 Å². The van der Waals surface area contributed by atoms with Crippen LogP contribution < -0.4 is 5.73 Å². The molecule has 0 radical (unpaired) electrons. The van der Waals surface area contributed by atoms with E-state index in [0.717, 1.165) is 26.1 Å². The summed E-state index contributed by atoms with van der Waals surface area (Å²) in [5, 5.41) is 0. The highest BCUT2D eigenvalue weighted by molar-refractivity contribution is 7.80. The fourth-order valence-corrected chi connectivity index (χ4v) is 1.61. The molecule has 90 valence electrons. The van der Waals surface area contributed by atoms with Crippen molar-refractivity contribution in [3.8, 4) is 0 Å². The monoisotopic (exact) mass is 232 g/mol. The van der Waals surface area contributed by atoms with Crippen molar-refractivity contribution < 1.29 is 4.74 Å². The quantitative estimate of drug-likeness (QED) is 0.646. The Labute approximate surface area is 99.0 Å². The molecule has 0 aromatic carbocycles. The summed E-state index contributed by atoms with van der Waals surface area (Å²) in [7, 11) is 1.74. The topological polar surface area (TPSA) is 38.5 Å². The van der Waals surface area contributed by atoms with Crippen LogP contribution in [0.15, 0.2) is 0 Å². The number of methoxy groups -OCH3 is 1. The molecule has 0 bridgehead atoms. The molecule has 15 heavy (non-hydrogen) atoms. The van der Waals surface area contributed by atoms with Gasteiger partial charge in [-0.15, -0.1) is 0 Å². The van der Waals surface area contributed by atoms with E-state index in [-0.39, 0.29) is 5.92 Å². The first-order valence-corrected chi connectivity index (χ1v) is 5.96. The van der Waals surface area contributed by atoms with Crippen LogP contribution in [0.4, 0.5) is 0 Å². The summed E-state index contributed by atoms with van der Waals surface area (Å²) in [5.74, 6) is 0.282. The van der Waals surface area contributed by atoms with Crippen molar-refractivity contribution in [2.75, 3.05) is 26.8 Å². The molecule has 3 nitrogen and oxygen atoms in total. The van der Waals surface area contributed by atoms with Gasteiger partial charge in [-0.1, -0.05) is 26.1 Å². The predicted molar refractivity (Wildman–Crippen MR) is 69.2 cm³/mol. The van der Waals surface area contributed by atoms with Crippen molar-refractivity contribution in [2.24, 2.45) is 11.7 Å². The summed E-state index contributed by atoms with van der Waals surface area (Å²) < 4.78 is 5.08. The van der Waals surface area contributed by atoms with Gasteiger partial charge >= 0.3 is 0 Å². The highest BCUT2D eigenvalue weighted by atomic mass is 32.1. The standard InChI is InChI=1S/C11H24N2OS/c1-5-13(8-9(2)11(12)15)10(3)6-7-14-4/h9-10H,5-8H2,1-4H3,(H2,12,15). The molecule has 0 rings (SSSR count). The Morgan fingerprint density at radius 1 is 1.47 bits per heavy atom. The lowest BCUT2D eigenvalue weighted by atomic mass is 10.1. The molecule has 0 aliphatic carbocycles. The average Bonchev–Trinajstić information content (AvgIpc) is 2.21. The zero-order valence-electron chi connectivity index (χ0n) is 10.3. The Morgan fingerprint density at radius 3 is 2.47 bits per heavy atom. The molecule has 0 saturated heterocycles. The predicted octanol–water partition coefficient (Wildman–Crippen LogP) is 1.66. The highest BCUT2D eigenvalue weighted by Gasteiger charge is 2.15. The average molecular weight is 232 g/mol. The second-order valence-corrected chi connectivity index (χ2v) is 4.49. The summed E-state index contributed by atoms with van der Waals surface area (Å²) in [4.78, 5) is 3.00. The third-order valence-corrected chi connectivity index (χ3v) is 3.17. The SMILES string of the molecule is CCN(CC(C)C(N)=S)C(C)CCOC. The maximum atomic E-state index is 5.62. The minimum absolute atomic E-state index is 0.282. The summed E-state index contributed by atoms with van der Waals surface area (Å²) in [5.41, 5.74) is 5.62. The molecule has 2 unspecified atom stereocenters. The summed E-state index contributed by atoms with van der Waals surface area (Å²) in [6.45, 7) is 9.23. The van der Waals surface area contributed by atoms with Crippen LogP contribution in [-0.4, -0.2) is 42.7 Å². The van der Waals surface area contributed by atoms with Crippen molar-refractivity contribution in [3.05, 3.63) is 0 Å². The normalized spacial score (nSPS) is 15.3. The van der Waals surface area contributed by atoms with Crippen LogP contribution >= 0.6 is 12.2 Å². The van der Waals surface area contributed by atoms with Gasteiger partial charge < -0.3 is 15.4 Å². The molecule has 0 saturated carbocycles. The number of nitrogens with zero attached hydrogens (tertiary/aromatic N) is 1. The van der Waals surface area contributed by atoms with Crippen molar-refractivity contribution in [2.45, 2.75) is 33.2 Å². The Kier molecular flexibility index (Phi) is 7.92. The number of hydrogen-bond donors (Lipinski definition) is 1. The molecule has 0 spiro atoms. The van der Waals surface area contributed by atoms with E-state index in [1.54, 1.807) is 7.11 Å². The van der Waals surface area contributed by atoms with Crippen LogP contribution in [0.2, 0.25) is 0 Å². The van der Waals surface area contributed by atoms with Crippen molar-refractivity contribution in [3.63, 3.8) is 0 Å². The smallest absolute Gasteiger partial charge is 0.0768 e. The fraction of sp³-hybridized carbons (Fsp3) is 0.909. The van der Waals surface area contributed by atoms with Gasteiger partial charge in [-0.3, -0.25) is 0 Å². The number of ether oxygens (including phenoxy) is 1. The Morgan fingerprint density at radius 2 is 2.07 bits per heavy atom. The minimum atomic E-state index is 0.282. The third kappa shape index (κ3) is 6.07. The lowest BCUT2D eigenvalue weighted by molar-refractivity contribution is 0.137.